The second kappa shape index (κ2) is 5.18. The van der Waals surface area contributed by atoms with E-state index in [4.69, 9.17) is 16.3 Å². The molecule has 0 saturated heterocycles. The highest BCUT2D eigenvalue weighted by molar-refractivity contribution is 7.13. The first-order valence-electron chi connectivity index (χ1n) is 4.73. The predicted molar refractivity (Wildman–Crippen MR) is 67.9 cm³/mol. The number of thiazole rings is 1. The van der Waals surface area contributed by atoms with Crippen LogP contribution in [0.3, 0.4) is 0 Å². The Hall–Kier alpha value is -1.26. The monoisotopic (exact) mass is 254 g/mol. The van der Waals surface area contributed by atoms with Crippen molar-refractivity contribution in [2.45, 2.75) is 5.88 Å². The van der Waals surface area contributed by atoms with Gasteiger partial charge in [-0.05, 0) is 12.1 Å². The van der Waals surface area contributed by atoms with Crippen LogP contribution < -0.4 is 10.1 Å². The van der Waals surface area contributed by atoms with Crippen LogP contribution in [0.5, 0.6) is 5.75 Å². The fourth-order valence-corrected chi connectivity index (χ4v) is 2.21. The predicted octanol–water partition coefficient (Wildman–Crippen LogP) is 3.63. The van der Waals surface area contributed by atoms with Gasteiger partial charge in [0.1, 0.15) is 5.75 Å². The number of nitrogens with zero attached hydrogens (tertiary/aromatic N) is 1. The Morgan fingerprint density at radius 3 is 3.06 bits per heavy atom. The van der Waals surface area contributed by atoms with Crippen LogP contribution in [0.1, 0.15) is 5.69 Å². The number of alkyl halides is 1. The molecule has 0 atom stereocenters. The zero-order valence-corrected chi connectivity index (χ0v) is 10.3. The average molecular weight is 255 g/mol. The molecule has 0 saturated carbocycles. The topological polar surface area (TPSA) is 34.1 Å². The molecule has 84 valence electrons. The third-order valence-corrected chi connectivity index (χ3v) is 3.09. The summed E-state index contributed by atoms with van der Waals surface area (Å²) in [6.45, 7) is 0. The normalized spacial score (nSPS) is 10.1. The van der Waals surface area contributed by atoms with E-state index >= 15 is 0 Å². The van der Waals surface area contributed by atoms with Gasteiger partial charge in [-0.25, -0.2) is 4.98 Å². The van der Waals surface area contributed by atoms with Gasteiger partial charge in [0.05, 0.1) is 18.7 Å². The van der Waals surface area contributed by atoms with Gasteiger partial charge in [0.25, 0.3) is 0 Å². The lowest BCUT2D eigenvalue weighted by atomic mass is 10.3. The molecule has 0 radical (unpaired) electrons. The largest absolute Gasteiger partial charge is 0.497 e. The summed E-state index contributed by atoms with van der Waals surface area (Å²) < 4.78 is 5.14. The van der Waals surface area contributed by atoms with Gasteiger partial charge in [-0.1, -0.05) is 6.07 Å². The van der Waals surface area contributed by atoms with E-state index in [0.29, 0.717) is 5.88 Å². The minimum absolute atomic E-state index is 0.441. The quantitative estimate of drug-likeness (QED) is 0.846. The molecule has 0 amide bonds. The summed E-state index contributed by atoms with van der Waals surface area (Å²) >= 11 is 7.22. The lowest BCUT2D eigenvalue weighted by Crippen LogP contribution is -1.91. The first-order valence-corrected chi connectivity index (χ1v) is 6.14. The summed E-state index contributed by atoms with van der Waals surface area (Å²) in [4.78, 5) is 4.31. The summed E-state index contributed by atoms with van der Waals surface area (Å²) in [5.41, 5.74) is 1.84. The van der Waals surface area contributed by atoms with E-state index in [1.165, 1.54) is 11.3 Å². The van der Waals surface area contributed by atoms with Gasteiger partial charge in [-0.15, -0.1) is 22.9 Å². The number of halogens is 1. The maximum atomic E-state index is 5.69. The summed E-state index contributed by atoms with van der Waals surface area (Å²) in [5, 5.41) is 5.98. The molecular formula is C11H11ClN2OS. The molecular weight excluding hydrogens is 244 g/mol. The maximum Gasteiger partial charge on any atom is 0.187 e. The Morgan fingerprint density at radius 1 is 1.50 bits per heavy atom. The number of nitrogens with one attached hydrogen (secondary N) is 1. The molecule has 0 aliphatic rings. The molecule has 1 heterocycles. The van der Waals surface area contributed by atoms with Crippen molar-refractivity contribution in [3.63, 3.8) is 0 Å². The zero-order chi connectivity index (χ0) is 11.4. The summed E-state index contributed by atoms with van der Waals surface area (Å²) in [6.07, 6.45) is 0. The SMILES string of the molecule is COc1cccc(Nc2nc(CCl)cs2)c1. The average Bonchev–Trinajstić information content (AvgIpc) is 2.77. The molecule has 0 bridgehead atoms. The smallest absolute Gasteiger partial charge is 0.187 e. The van der Waals surface area contributed by atoms with Crippen molar-refractivity contribution in [3.05, 3.63) is 35.3 Å². The number of aromatic nitrogens is 1. The van der Waals surface area contributed by atoms with Gasteiger partial charge in [0.15, 0.2) is 5.13 Å². The molecule has 0 unspecified atom stereocenters. The van der Waals surface area contributed by atoms with Gasteiger partial charge in [-0.3, -0.25) is 0 Å². The van der Waals surface area contributed by atoms with Crippen LogP contribution in [0.25, 0.3) is 0 Å². The van der Waals surface area contributed by atoms with Gasteiger partial charge in [0.2, 0.25) is 0 Å². The number of anilines is 2. The minimum Gasteiger partial charge on any atom is -0.497 e. The van der Waals surface area contributed by atoms with E-state index in [2.05, 4.69) is 10.3 Å². The summed E-state index contributed by atoms with van der Waals surface area (Å²) in [7, 11) is 1.65. The van der Waals surface area contributed by atoms with E-state index in [9.17, 15) is 0 Å². The molecule has 5 heteroatoms. The molecule has 3 nitrogen and oxygen atoms in total. The van der Waals surface area contributed by atoms with Crippen LogP contribution >= 0.6 is 22.9 Å². The second-order valence-corrected chi connectivity index (χ2v) is 4.26. The van der Waals surface area contributed by atoms with E-state index < -0.39 is 0 Å². The molecule has 2 aromatic rings. The Bertz CT molecular complexity index is 473. The Labute approximate surface area is 103 Å². The van der Waals surface area contributed by atoms with Gasteiger partial charge in [0, 0.05) is 17.1 Å². The molecule has 16 heavy (non-hydrogen) atoms. The van der Waals surface area contributed by atoms with Crippen LogP contribution in [0.15, 0.2) is 29.6 Å². The van der Waals surface area contributed by atoms with E-state index in [1.54, 1.807) is 7.11 Å². The van der Waals surface area contributed by atoms with Crippen LogP contribution in [0.4, 0.5) is 10.8 Å². The van der Waals surface area contributed by atoms with Crippen molar-refractivity contribution in [3.8, 4) is 5.75 Å². The molecule has 2 rings (SSSR count). The van der Waals surface area contributed by atoms with Crippen LogP contribution in [-0.2, 0) is 5.88 Å². The molecule has 0 aliphatic heterocycles. The lowest BCUT2D eigenvalue weighted by Gasteiger charge is -2.04. The highest BCUT2D eigenvalue weighted by Crippen LogP contribution is 2.24. The number of hydrogen-bond donors (Lipinski definition) is 1. The first-order chi connectivity index (χ1) is 7.81. The Kier molecular flexibility index (Phi) is 3.64. The fourth-order valence-electron chi connectivity index (χ4n) is 1.25. The summed E-state index contributed by atoms with van der Waals surface area (Å²) in [6, 6.07) is 7.71. The van der Waals surface area contributed by atoms with E-state index in [0.717, 1.165) is 22.3 Å². The lowest BCUT2D eigenvalue weighted by molar-refractivity contribution is 0.415. The fraction of sp³-hybridized carbons (Fsp3) is 0.182. The van der Waals surface area contributed by atoms with Crippen molar-refractivity contribution in [2.75, 3.05) is 12.4 Å². The Balaban J connectivity index is 2.13. The van der Waals surface area contributed by atoms with E-state index in [1.807, 2.05) is 29.6 Å². The minimum atomic E-state index is 0.441. The van der Waals surface area contributed by atoms with Gasteiger partial charge < -0.3 is 10.1 Å². The van der Waals surface area contributed by atoms with E-state index in [-0.39, 0.29) is 0 Å². The van der Waals surface area contributed by atoms with Crippen LogP contribution in [0.2, 0.25) is 0 Å². The number of benzene rings is 1. The second-order valence-electron chi connectivity index (χ2n) is 3.13. The first kappa shape index (κ1) is 11.2. The molecule has 0 aliphatic carbocycles. The number of hydrogen-bond acceptors (Lipinski definition) is 4. The molecule has 0 fully saturated rings. The molecule has 0 spiro atoms. The standard InChI is InChI=1S/C11H11ClN2OS/c1-15-10-4-2-3-8(5-10)13-11-14-9(6-12)7-16-11/h2-5,7H,6H2,1H3,(H,13,14). The molecule has 1 aromatic carbocycles. The zero-order valence-electron chi connectivity index (χ0n) is 8.74. The van der Waals surface area contributed by atoms with Gasteiger partial charge >= 0.3 is 0 Å². The highest BCUT2D eigenvalue weighted by atomic mass is 35.5. The van der Waals surface area contributed by atoms with Crippen molar-refractivity contribution in [1.29, 1.82) is 0 Å². The van der Waals surface area contributed by atoms with Crippen molar-refractivity contribution < 1.29 is 4.74 Å². The maximum absolute atomic E-state index is 5.69. The van der Waals surface area contributed by atoms with Crippen molar-refractivity contribution in [1.82, 2.24) is 4.98 Å². The van der Waals surface area contributed by atoms with Crippen molar-refractivity contribution in [2.24, 2.45) is 0 Å². The Morgan fingerprint density at radius 2 is 2.38 bits per heavy atom. The van der Waals surface area contributed by atoms with Crippen LogP contribution in [-0.4, -0.2) is 12.1 Å². The third-order valence-electron chi connectivity index (χ3n) is 2.01. The molecule has 1 N–H and O–H groups in total. The number of rotatable bonds is 4. The molecule has 1 aromatic heterocycles. The number of methoxy groups -OCH3 is 1. The van der Waals surface area contributed by atoms with Gasteiger partial charge in [-0.2, -0.15) is 0 Å². The van der Waals surface area contributed by atoms with Crippen LogP contribution in [0, 0.1) is 0 Å². The van der Waals surface area contributed by atoms with Crippen molar-refractivity contribution >= 4 is 33.8 Å². The highest BCUT2D eigenvalue weighted by Gasteiger charge is 2.01. The third kappa shape index (κ3) is 2.65. The number of ether oxygens (including phenoxy) is 1. The summed E-state index contributed by atoms with van der Waals surface area (Å²) in [5.74, 6) is 1.26.